The van der Waals surface area contributed by atoms with Crippen molar-refractivity contribution in [2.75, 3.05) is 68.6 Å². The van der Waals surface area contributed by atoms with E-state index in [0.29, 0.717) is 0 Å². The first-order valence-electron chi connectivity index (χ1n) is 5.88. The summed E-state index contributed by atoms with van der Waals surface area (Å²) in [5.41, 5.74) is 0. The Hall–Kier alpha value is 0.210. The van der Waals surface area contributed by atoms with E-state index in [1.165, 1.54) is 6.92 Å². The van der Waals surface area contributed by atoms with Gasteiger partial charge in [0, 0.05) is 6.92 Å². The Balaban J connectivity index is -0.0000000900. The van der Waals surface area contributed by atoms with Gasteiger partial charge in [-0.1, -0.05) is 0 Å². The zero-order valence-electron chi connectivity index (χ0n) is 13.5. The maximum Gasteiger partial charge on any atom is 0.182 e. The molecule has 0 aromatic carbocycles. The minimum absolute atomic E-state index is 0. The van der Waals surface area contributed by atoms with Gasteiger partial charge in [0.25, 0.3) is 0 Å². The third-order valence-electron chi connectivity index (χ3n) is 1.54. The van der Waals surface area contributed by atoms with Gasteiger partial charge in [0.15, 0.2) is 5.12 Å². The first kappa shape index (κ1) is 27.5. The van der Waals surface area contributed by atoms with Gasteiger partial charge in [0.2, 0.25) is 0 Å². The molecule has 0 aromatic rings. The molecule has 0 radical (unpaired) electrons. The highest BCUT2D eigenvalue weighted by molar-refractivity contribution is 7.96. The van der Waals surface area contributed by atoms with Crippen molar-refractivity contribution >= 4 is 31.2 Å². The summed E-state index contributed by atoms with van der Waals surface area (Å²) in [6, 6.07) is 0. The summed E-state index contributed by atoms with van der Waals surface area (Å²) in [6.45, 7) is 3.62. The minimum atomic E-state index is -0.139. The summed E-state index contributed by atoms with van der Waals surface area (Å²) < 4.78 is 1.69. The van der Waals surface area contributed by atoms with E-state index >= 15 is 0 Å². The van der Waals surface area contributed by atoms with E-state index in [1.54, 1.807) is 0 Å². The summed E-state index contributed by atoms with van der Waals surface area (Å²) in [5.74, 6) is 0. The van der Waals surface area contributed by atoms with Crippen LogP contribution in [0.25, 0.3) is 0 Å². The van der Waals surface area contributed by atoms with Crippen molar-refractivity contribution in [2.45, 2.75) is 6.92 Å². The molecule has 120 valence electrons. The number of nitrogens with zero attached hydrogens (tertiary/aromatic N) is 2. The predicted molar refractivity (Wildman–Crippen MR) is 90.0 cm³/mol. The number of thiol groups is 1. The molecule has 0 aliphatic rings. The largest absolute Gasteiger partial charge is 0.391 e. The first-order valence-corrected chi connectivity index (χ1v) is 6.32. The van der Waals surface area contributed by atoms with Crippen LogP contribution in [0.4, 0.5) is 0 Å². The normalized spacial score (nSPS) is 10.2. The van der Waals surface area contributed by atoms with E-state index in [-0.39, 0.29) is 31.8 Å². The quantitative estimate of drug-likeness (QED) is 0.503. The van der Waals surface area contributed by atoms with Crippen LogP contribution in [0.3, 0.4) is 0 Å². The van der Waals surface area contributed by atoms with Gasteiger partial charge in [0.1, 0.15) is 13.1 Å². The van der Waals surface area contributed by atoms with Crippen molar-refractivity contribution in [2.24, 2.45) is 0 Å². The lowest BCUT2D eigenvalue weighted by atomic mass is 10.5. The second-order valence-corrected chi connectivity index (χ2v) is 6.62. The zero-order chi connectivity index (χ0) is 15.4. The maximum atomic E-state index is 9.31. The van der Waals surface area contributed by atoms with Crippen molar-refractivity contribution in [3.8, 4) is 0 Å². The molecular weight excluding hydrogens is 284 g/mol. The smallest absolute Gasteiger partial charge is 0.182 e. The van der Waals surface area contributed by atoms with Crippen LogP contribution in [0.2, 0.25) is 0 Å². The molecule has 5 nitrogen and oxygen atoms in total. The molecule has 0 aliphatic carbocycles. The molecule has 19 heavy (non-hydrogen) atoms. The van der Waals surface area contributed by atoms with E-state index in [0.717, 1.165) is 22.1 Å². The van der Waals surface area contributed by atoms with Crippen molar-refractivity contribution in [1.29, 1.82) is 0 Å². The average Bonchev–Trinajstić information content (AvgIpc) is 1.97. The van der Waals surface area contributed by atoms with Crippen LogP contribution in [0, 0.1) is 0 Å². The second-order valence-electron chi connectivity index (χ2n) is 5.99. The number of hydrogen-bond donors (Lipinski definition) is 3. The molecule has 0 spiro atoms. The van der Waals surface area contributed by atoms with Crippen LogP contribution >= 0.6 is 26.1 Å². The molecule has 0 fully saturated rings. The molecule has 0 amide bonds. The fraction of sp³-hybridized carbons (Fsp3) is 0.917. The van der Waals surface area contributed by atoms with E-state index < -0.39 is 0 Å². The van der Waals surface area contributed by atoms with Gasteiger partial charge in [0.05, 0.1) is 55.5 Å². The molecule has 7 heteroatoms. The Morgan fingerprint density at radius 2 is 1.05 bits per heavy atom. The van der Waals surface area contributed by atoms with Crippen molar-refractivity contribution in [3.63, 3.8) is 0 Å². The van der Waals surface area contributed by atoms with Crippen LogP contribution in [0.5, 0.6) is 0 Å². The van der Waals surface area contributed by atoms with E-state index in [4.69, 9.17) is 10.2 Å². The van der Waals surface area contributed by atoms with Gasteiger partial charge in [-0.2, -0.15) is 13.5 Å². The van der Waals surface area contributed by atoms with Crippen LogP contribution in [-0.4, -0.2) is 92.9 Å². The summed E-state index contributed by atoms with van der Waals surface area (Å²) in [5, 5.41) is 16.6. The van der Waals surface area contributed by atoms with Crippen LogP contribution in [0.1, 0.15) is 6.92 Å². The minimum Gasteiger partial charge on any atom is -0.391 e. The number of carbonyl (C=O) groups is 1. The molecule has 0 heterocycles. The molecule has 0 atom stereocenters. The Bertz CT molecular complexity index is 182. The number of likely N-dealkylation sites (N-methyl/N-ethyl adjacent to an activating group) is 2. The molecule has 0 saturated heterocycles. The molecule has 0 saturated carbocycles. The molecular formula is C12H34N2O3S2+2. The Kier molecular flexibility index (Phi) is 21.2. The lowest BCUT2D eigenvalue weighted by Gasteiger charge is -2.21. The first-order chi connectivity index (χ1) is 7.85. The molecule has 0 aromatic heterocycles. The monoisotopic (exact) mass is 318 g/mol. The van der Waals surface area contributed by atoms with E-state index in [1.807, 2.05) is 0 Å². The van der Waals surface area contributed by atoms with Gasteiger partial charge in [-0.25, -0.2) is 0 Å². The molecule has 2 N–H and O–H groups in total. The summed E-state index contributed by atoms with van der Waals surface area (Å²) in [4.78, 5) is 9.31. The Morgan fingerprint density at radius 1 is 0.895 bits per heavy atom. The van der Waals surface area contributed by atoms with E-state index in [2.05, 4.69) is 54.9 Å². The van der Waals surface area contributed by atoms with E-state index in [9.17, 15) is 4.79 Å². The number of aliphatic hydroxyl groups excluding tert-OH is 2. The van der Waals surface area contributed by atoms with Crippen molar-refractivity contribution in [1.82, 2.24) is 0 Å². The number of hydrogen-bond acceptors (Lipinski definition) is 3. The predicted octanol–water partition coefficient (Wildman–Crippen LogP) is -0.0547. The van der Waals surface area contributed by atoms with Gasteiger partial charge in [-0.15, -0.1) is 12.6 Å². The fourth-order valence-corrected chi connectivity index (χ4v) is 0.600. The Labute approximate surface area is 131 Å². The van der Waals surface area contributed by atoms with Crippen molar-refractivity contribution < 1.29 is 24.0 Å². The molecule has 0 rings (SSSR count). The van der Waals surface area contributed by atoms with Gasteiger partial charge >= 0.3 is 0 Å². The highest BCUT2D eigenvalue weighted by Crippen LogP contribution is 1.85. The lowest BCUT2D eigenvalue weighted by Crippen LogP contribution is -2.36. The topological polar surface area (TPSA) is 57.5 Å². The fourth-order valence-electron chi connectivity index (χ4n) is 0.600. The number of rotatable bonds is 4. The SMILES string of the molecule is CC(=O)S.C[N+](C)(C)CCO.C[N+](C)(C)CCO.S. The van der Waals surface area contributed by atoms with Crippen LogP contribution < -0.4 is 0 Å². The van der Waals surface area contributed by atoms with Gasteiger partial charge in [-0.3, -0.25) is 4.79 Å². The van der Waals surface area contributed by atoms with Gasteiger partial charge in [-0.05, 0) is 0 Å². The zero-order valence-corrected chi connectivity index (χ0v) is 15.4. The molecule has 0 unspecified atom stereocenters. The summed E-state index contributed by atoms with van der Waals surface area (Å²) in [6.07, 6.45) is 0. The number of quaternary nitrogens is 2. The average molecular weight is 319 g/mol. The summed E-state index contributed by atoms with van der Waals surface area (Å²) in [7, 11) is 12.3. The van der Waals surface area contributed by atoms with Crippen molar-refractivity contribution in [3.05, 3.63) is 0 Å². The molecule has 0 aliphatic heterocycles. The Morgan fingerprint density at radius 3 is 1.05 bits per heavy atom. The van der Waals surface area contributed by atoms with Crippen LogP contribution in [0.15, 0.2) is 0 Å². The lowest BCUT2D eigenvalue weighted by molar-refractivity contribution is -0.870. The van der Waals surface area contributed by atoms with Gasteiger partial charge < -0.3 is 19.2 Å². The standard InChI is InChI=1S/2C5H14NO.C2H4OS.H2S/c2*1-6(2,3)4-5-7;1-2(3)4;/h2*7H,4-5H2,1-3H3;1H3,(H,3,4);1H2/q2*+1;;. The molecule has 0 bridgehead atoms. The second kappa shape index (κ2) is 14.6. The highest BCUT2D eigenvalue weighted by atomic mass is 32.1. The third kappa shape index (κ3) is 71.0. The summed E-state index contributed by atoms with van der Waals surface area (Å²) >= 11 is 3.33. The third-order valence-corrected chi connectivity index (χ3v) is 1.54. The number of aliphatic hydroxyl groups is 2. The van der Waals surface area contributed by atoms with Crippen LogP contribution in [-0.2, 0) is 4.79 Å². The number of carbonyl (C=O) groups excluding carboxylic acids is 1. The highest BCUT2D eigenvalue weighted by Gasteiger charge is 2.02. The maximum absolute atomic E-state index is 9.31.